The monoisotopic (exact) mass is 258 g/mol. The van der Waals surface area contributed by atoms with Crippen LogP contribution in [0.2, 0.25) is 0 Å². The highest BCUT2D eigenvalue weighted by molar-refractivity contribution is 8.04. The highest BCUT2D eigenvalue weighted by Crippen LogP contribution is 2.47. The molecule has 17 heavy (non-hydrogen) atoms. The molecule has 1 fully saturated rings. The number of rotatable bonds is 4. The number of carboxylic acid groups (broad SMARTS) is 1. The summed E-state index contributed by atoms with van der Waals surface area (Å²) in [4.78, 5) is 34.5. The summed E-state index contributed by atoms with van der Waals surface area (Å²) >= 11 is 1.32. The number of amides is 2. The van der Waals surface area contributed by atoms with Crippen LogP contribution < -0.4 is 5.73 Å². The number of carbonyl (C=O) groups is 3. The molecule has 0 radical (unpaired) electrons. The van der Waals surface area contributed by atoms with Gasteiger partial charge in [0.1, 0.15) is 5.70 Å². The van der Waals surface area contributed by atoms with Crippen LogP contribution in [0.1, 0.15) is 12.8 Å². The molecule has 2 aliphatic heterocycles. The van der Waals surface area contributed by atoms with Gasteiger partial charge in [0.15, 0.2) is 0 Å². The number of nitrogens with two attached hydrogens (primary N) is 1. The molecule has 0 aromatic rings. The number of hydrogen-bond acceptors (Lipinski definition) is 5. The third-order valence-corrected chi connectivity index (χ3v) is 3.80. The molecule has 92 valence electrons. The molecule has 0 aliphatic carbocycles. The summed E-state index contributed by atoms with van der Waals surface area (Å²) in [6.07, 6.45) is -0.290. The molecule has 0 spiro atoms. The Morgan fingerprint density at radius 1 is 1.59 bits per heavy atom. The fourth-order valence-corrected chi connectivity index (χ4v) is 3.13. The zero-order valence-corrected chi connectivity index (χ0v) is 9.53. The van der Waals surface area contributed by atoms with Crippen molar-refractivity contribution in [3.8, 4) is 0 Å². The third-order valence-electron chi connectivity index (χ3n) is 2.47. The molecule has 3 N–H and O–H groups in total. The Morgan fingerprint density at radius 2 is 2.29 bits per heavy atom. The van der Waals surface area contributed by atoms with Gasteiger partial charge < -0.3 is 15.6 Å². The Morgan fingerprint density at radius 3 is 2.82 bits per heavy atom. The van der Waals surface area contributed by atoms with Crippen LogP contribution in [-0.2, 0) is 14.3 Å². The first-order valence-corrected chi connectivity index (χ1v) is 5.76. The maximum atomic E-state index is 11.3. The number of aliphatic carboxylic acids is 1. The highest BCUT2D eigenvalue weighted by Gasteiger charge is 2.48. The van der Waals surface area contributed by atoms with Crippen molar-refractivity contribution in [2.24, 2.45) is 5.73 Å². The van der Waals surface area contributed by atoms with E-state index in [-0.39, 0.29) is 30.0 Å². The number of thioether (sulfide) groups is 1. The number of carbonyl (C=O) groups excluding carboxylic acids is 2. The smallest absolute Gasteiger partial charge is 0.404 e. The van der Waals surface area contributed by atoms with Gasteiger partial charge in [-0.2, -0.15) is 0 Å². The number of fused-ring (bicyclic) bond motifs is 1. The molecule has 8 heteroatoms. The SMILES string of the molecule is NC(=O)OCCC1=C(C(=O)O)N2C(=O)CC2S1. The van der Waals surface area contributed by atoms with E-state index in [1.165, 1.54) is 16.7 Å². The second-order valence-corrected chi connectivity index (χ2v) is 4.81. The van der Waals surface area contributed by atoms with E-state index < -0.39 is 12.1 Å². The summed E-state index contributed by atoms with van der Waals surface area (Å²) in [6.45, 7) is 0.0171. The lowest BCUT2D eigenvalue weighted by Gasteiger charge is -2.33. The van der Waals surface area contributed by atoms with E-state index >= 15 is 0 Å². The minimum Gasteiger partial charge on any atom is -0.477 e. The molecule has 0 aromatic heterocycles. The molecule has 1 unspecified atom stereocenters. The van der Waals surface area contributed by atoms with Crippen molar-refractivity contribution < 1.29 is 24.2 Å². The maximum Gasteiger partial charge on any atom is 0.404 e. The van der Waals surface area contributed by atoms with E-state index in [9.17, 15) is 14.4 Å². The molecule has 0 saturated carbocycles. The zero-order valence-electron chi connectivity index (χ0n) is 8.71. The molecule has 1 atom stereocenters. The van der Waals surface area contributed by atoms with E-state index in [0.29, 0.717) is 11.3 Å². The van der Waals surface area contributed by atoms with Crippen molar-refractivity contribution in [1.82, 2.24) is 4.90 Å². The first-order chi connectivity index (χ1) is 8.00. The van der Waals surface area contributed by atoms with Crippen LogP contribution in [-0.4, -0.2) is 40.0 Å². The fraction of sp³-hybridized carbons (Fsp3) is 0.444. The van der Waals surface area contributed by atoms with Gasteiger partial charge in [-0.25, -0.2) is 9.59 Å². The van der Waals surface area contributed by atoms with Gasteiger partial charge in [-0.1, -0.05) is 0 Å². The van der Waals surface area contributed by atoms with Crippen molar-refractivity contribution in [2.75, 3.05) is 6.61 Å². The Kier molecular flexibility index (Phi) is 2.97. The van der Waals surface area contributed by atoms with E-state index in [2.05, 4.69) is 4.74 Å². The molecular weight excluding hydrogens is 248 g/mol. The molecule has 2 aliphatic rings. The maximum absolute atomic E-state index is 11.3. The zero-order chi connectivity index (χ0) is 12.6. The van der Waals surface area contributed by atoms with Crippen LogP contribution in [0.3, 0.4) is 0 Å². The molecular formula is C9H10N2O5S. The summed E-state index contributed by atoms with van der Waals surface area (Å²) in [6, 6.07) is 0. The van der Waals surface area contributed by atoms with Crippen LogP contribution in [0.5, 0.6) is 0 Å². The largest absolute Gasteiger partial charge is 0.477 e. The normalized spacial score (nSPS) is 22.2. The Balaban J connectivity index is 2.07. The number of β-lactam (4-membered cyclic amide) rings is 1. The van der Waals surface area contributed by atoms with E-state index in [4.69, 9.17) is 10.8 Å². The summed E-state index contributed by atoms with van der Waals surface area (Å²) in [5.74, 6) is -1.33. The van der Waals surface area contributed by atoms with Crippen molar-refractivity contribution in [2.45, 2.75) is 18.2 Å². The lowest BCUT2D eigenvalue weighted by atomic mass is 10.1. The van der Waals surface area contributed by atoms with Crippen LogP contribution in [0, 0.1) is 0 Å². The third kappa shape index (κ3) is 2.07. The molecule has 0 bridgehead atoms. The van der Waals surface area contributed by atoms with Gasteiger partial charge in [-0.3, -0.25) is 9.69 Å². The van der Waals surface area contributed by atoms with Crippen LogP contribution in [0.15, 0.2) is 10.6 Å². The standard InChI is InChI=1S/C9H10N2O5S/c10-9(15)16-2-1-4-7(8(13)14)11-5(12)3-6(11)17-4/h6H,1-3H2,(H2,10,15)(H,13,14). The molecule has 7 nitrogen and oxygen atoms in total. The lowest BCUT2D eigenvalue weighted by molar-refractivity contribution is -0.145. The van der Waals surface area contributed by atoms with Gasteiger partial charge in [-0.15, -0.1) is 11.8 Å². The molecule has 2 rings (SSSR count). The highest BCUT2D eigenvalue weighted by atomic mass is 32.2. The summed E-state index contributed by atoms with van der Waals surface area (Å²) in [5, 5.41) is 8.92. The van der Waals surface area contributed by atoms with Gasteiger partial charge in [0.2, 0.25) is 5.91 Å². The second kappa shape index (κ2) is 4.28. The second-order valence-electron chi connectivity index (χ2n) is 3.53. The summed E-state index contributed by atoms with van der Waals surface area (Å²) in [7, 11) is 0. The first kappa shape index (κ1) is 11.8. The van der Waals surface area contributed by atoms with E-state index in [1.807, 2.05) is 0 Å². The Hall–Kier alpha value is -1.70. The lowest BCUT2D eigenvalue weighted by Crippen LogP contribution is -2.48. The number of nitrogens with zero attached hydrogens (tertiary/aromatic N) is 1. The van der Waals surface area contributed by atoms with Crippen molar-refractivity contribution in [3.63, 3.8) is 0 Å². The van der Waals surface area contributed by atoms with Crippen molar-refractivity contribution in [1.29, 1.82) is 0 Å². The minimum atomic E-state index is -1.14. The number of primary amides is 1. The Bertz CT molecular complexity index is 433. The molecule has 0 aromatic carbocycles. The van der Waals surface area contributed by atoms with Gasteiger partial charge in [0.05, 0.1) is 18.4 Å². The van der Waals surface area contributed by atoms with E-state index in [1.54, 1.807) is 0 Å². The summed E-state index contributed by atoms with van der Waals surface area (Å²) in [5.41, 5.74) is 4.80. The average Bonchev–Trinajstić information content (AvgIpc) is 2.50. The topological polar surface area (TPSA) is 110 Å². The van der Waals surface area contributed by atoms with E-state index in [0.717, 1.165) is 0 Å². The number of hydrogen-bond donors (Lipinski definition) is 2. The fourth-order valence-electron chi connectivity index (χ4n) is 1.75. The minimum absolute atomic E-state index is 0.00400. The van der Waals surface area contributed by atoms with Gasteiger partial charge in [0.25, 0.3) is 0 Å². The quantitative estimate of drug-likeness (QED) is 0.690. The van der Waals surface area contributed by atoms with Crippen LogP contribution in [0.25, 0.3) is 0 Å². The van der Waals surface area contributed by atoms with Crippen molar-refractivity contribution in [3.05, 3.63) is 10.6 Å². The predicted molar refractivity (Wildman–Crippen MR) is 57.7 cm³/mol. The molecule has 2 heterocycles. The van der Waals surface area contributed by atoms with Gasteiger partial charge in [-0.05, 0) is 0 Å². The molecule has 2 amide bonds. The van der Waals surface area contributed by atoms with Crippen molar-refractivity contribution >= 4 is 29.7 Å². The number of ether oxygens (including phenoxy) is 1. The van der Waals surface area contributed by atoms with Gasteiger partial charge >= 0.3 is 12.1 Å². The average molecular weight is 258 g/mol. The predicted octanol–water partition coefficient (Wildman–Crippen LogP) is 0.0732. The van der Waals surface area contributed by atoms with Crippen LogP contribution >= 0.6 is 11.8 Å². The van der Waals surface area contributed by atoms with Crippen LogP contribution in [0.4, 0.5) is 4.79 Å². The number of carboxylic acids is 1. The molecule has 1 saturated heterocycles. The van der Waals surface area contributed by atoms with Gasteiger partial charge in [0, 0.05) is 11.3 Å². The Labute approximate surface area is 101 Å². The first-order valence-electron chi connectivity index (χ1n) is 4.88. The summed E-state index contributed by atoms with van der Waals surface area (Å²) < 4.78 is 4.54.